The third-order valence-electron chi connectivity index (χ3n) is 7.11. The van der Waals surface area contributed by atoms with Crippen molar-refractivity contribution < 1.29 is 0 Å². The van der Waals surface area contributed by atoms with Crippen LogP contribution in [0.3, 0.4) is 0 Å². The fraction of sp³-hybridized carbons (Fsp3) is 0.515. The van der Waals surface area contributed by atoms with E-state index in [1.54, 1.807) is 0 Å². The molecule has 0 aliphatic heterocycles. The van der Waals surface area contributed by atoms with E-state index in [2.05, 4.69) is 132 Å². The first-order valence-electron chi connectivity index (χ1n) is 12.8. The van der Waals surface area contributed by atoms with Crippen LogP contribution in [0.25, 0.3) is 11.1 Å². The van der Waals surface area contributed by atoms with Gasteiger partial charge in [0.05, 0.1) is 0 Å². The van der Waals surface area contributed by atoms with Crippen molar-refractivity contribution in [1.82, 2.24) is 0 Å². The fourth-order valence-electron chi connectivity index (χ4n) is 4.43. The Hall–Kier alpha value is -1.26. The van der Waals surface area contributed by atoms with Gasteiger partial charge in [0.1, 0.15) is 0 Å². The Morgan fingerprint density at radius 3 is 0.882 bits per heavy atom. The number of hydrogen-bond acceptors (Lipinski definition) is 0. The van der Waals surface area contributed by atoms with E-state index in [0.717, 1.165) is 0 Å². The normalized spacial score (nSPS) is 16.0. The van der Waals surface area contributed by atoms with E-state index >= 15 is 0 Å². The Morgan fingerprint density at radius 1 is 0.441 bits per heavy atom. The van der Waals surface area contributed by atoms with Crippen LogP contribution in [0.4, 0.5) is 0 Å². The van der Waals surface area contributed by atoms with Crippen LogP contribution in [0.15, 0.2) is 48.6 Å². The molecule has 0 atom stereocenters. The van der Waals surface area contributed by atoms with Crippen molar-refractivity contribution in [3.8, 4) is 0 Å². The van der Waals surface area contributed by atoms with Gasteiger partial charge >= 0.3 is 225 Å². The molecule has 0 amide bonds. The van der Waals surface area contributed by atoms with E-state index in [9.17, 15) is 0 Å². The van der Waals surface area contributed by atoms with Crippen molar-refractivity contribution in [2.45, 2.75) is 109 Å². The van der Waals surface area contributed by atoms with Gasteiger partial charge in [0.2, 0.25) is 0 Å². The zero-order valence-electron chi connectivity index (χ0n) is 23.8. The molecule has 3 rings (SSSR count). The average Bonchev–Trinajstić information content (AvgIpc) is 3.06. The zero-order chi connectivity index (χ0) is 25.9. The molecule has 0 fully saturated rings. The van der Waals surface area contributed by atoms with Crippen LogP contribution in [-0.4, -0.2) is 23.0 Å². The number of rotatable bonds is 2. The van der Waals surface area contributed by atoms with Gasteiger partial charge in [0.25, 0.3) is 0 Å². The third-order valence-corrected chi connectivity index (χ3v) is 9.16. The summed E-state index contributed by atoms with van der Waals surface area (Å²) in [5.41, 5.74) is 12.1. The van der Waals surface area contributed by atoms with Gasteiger partial charge in [-0.1, -0.05) is 0 Å². The molecule has 0 spiro atoms. The second-order valence-electron chi connectivity index (χ2n) is 14.3. The van der Waals surface area contributed by atoms with Crippen molar-refractivity contribution in [3.05, 3.63) is 81.9 Å². The molecule has 2 aromatic rings. The topological polar surface area (TPSA) is 0 Å². The first kappa shape index (κ1) is 27.3. The summed E-state index contributed by atoms with van der Waals surface area (Å²) in [5, 5.41) is 0. The van der Waals surface area contributed by atoms with Crippen LogP contribution in [-0.2, 0) is 21.7 Å². The molecule has 0 N–H and O–H groups in total. The van der Waals surface area contributed by atoms with Gasteiger partial charge in [-0.05, 0) is 0 Å². The summed E-state index contributed by atoms with van der Waals surface area (Å²) in [7, 11) is 0. The molecule has 0 unspecified atom stereocenters. The van der Waals surface area contributed by atoms with E-state index in [1.165, 1.54) is 67.5 Å². The van der Waals surface area contributed by atoms with E-state index < -0.39 is 0 Å². The van der Waals surface area contributed by atoms with Crippen LogP contribution in [0.2, 0.25) is 3.86 Å². The van der Waals surface area contributed by atoms with Crippen molar-refractivity contribution in [2.75, 3.05) is 0 Å². The summed E-state index contributed by atoms with van der Waals surface area (Å²) in [6.07, 6.45) is 4.80. The Kier molecular flexibility index (Phi) is 7.23. The summed E-state index contributed by atoms with van der Waals surface area (Å²) >= 11 is 1.18. The quantitative estimate of drug-likeness (QED) is 0.320. The first-order chi connectivity index (χ1) is 15.3. The van der Waals surface area contributed by atoms with Crippen LogP contribution in [0.1, 0.15) is 116 Å². The summed E-state index contributed by atoms with van der Waals surface area (Å²) in [5.74, 6) is 0. The molecule has 1 heteroatoms. The maximum absolute atomic E-state index is 2.45. The van der Waals surface area contributed by atoms with E-state index in [4.69, 9.17) is 0 Å². The molecular weight excluding hydrogens is 518 g/mol. The molecule has 0 saturated carbocycles. The predicted molar refractivity (Wildman–Crippen MR) is 156 cm³/mol. The van der Waals surface area contributed by atoms with Gasteiger partial charge in [-0.2, -0.15) is 0 Å². The number of allylic oxidation sites excluding steroid dienone is 4. The fourth-order valence-corrected chi connectivity index (χ4v) is 6.16. The molecule has 0 radical (unpaired) electrons. The van der Waals surface area contributed by atoms with Crippen LogP contribution in [0, 0.1) is 0 Å². The van der Waals surface area contributed by atoms with E-state index in [-0.39, 0.29) is 21.7 Å². The average molecular weight is 565 g/mol. The second kappa shape index (κ2) is 9.00. The van der Waals surface area contributed by atoms with E-state index in [1.807, 2.05) is 0 Å². The van der Waals surface area contributed by atoms with Gasteiger partial charge < -0.3 is 0 Å². The Morgan fingerprint density at radius 2 is 0.676 bits per heavy atom. The Labute approximate surface area is 223 Å². The number of benzene rings is 2. The summed E-state index contributed by atoms with van der Waals surface area (Å²) in [4.78, 5) is 0. The van der Waals surface area contributed by atoms with Crippen LogP contribution in [0.5, 0.6) is 0 Å². The standard InChI is InChI=1S/C33H45.Sb.2H/c1-30(2,3)26-16-24(17-27(20-26)31(4,5)6)22-13-14-23(15-22)25-18-28(32(7,8)9)21-29(19-25)33(10,11)12;;;/h13-21H,1-12H3;;;. The maximum atomic E-state index is 2.45. The van der Waals surface area contributed by atoms with Gasteiger partial charge in [-0.15, -0.1) is 0 Å². The molecule has 0 heterocycles. The van der Waals surface area contributed by atoms with E-state index in [0.29, 0.717) is 3.86 Å². The summed E-state index contributed by atoms with van der Waals surface area (Å²) in [6, 6.07) is 14.7. The first-order valence-corrected chi connectivity index (χ1v) is 14.7. The van der Waals surface area contributed by atoms with Gasteiger partial charge in [-0.3, -0.25) is 0 Å². The third kappa shape index (κ3) is 5.92. The van der Waals surface area contributed by atoms with Crippen molar-refractivity contribution in [1.29, 1.82) is 0 Å². The zero-order valence-corrected chi connectivity index (χ0v) is 27.1. The number of hydrogen-bond donors (Lipinski definition) is 0. The molecule has 1 aliphatic carbocycles. The Balaban J connectivity index is 2.08. The molecule has 2 aromatic carbocycles. The van der Waals surface area contributed by atoms with Gasteiger partial charge in [0.15, 0.2) is 0 Å². The molecule has 0 aromatic heterocycles. The van der Waals surface area contributed by atoms with Crippen LogP contribution < -0.4 is 0 Å². The molecule has 0 bridgehead atoms. The van der Waals surface area contributed by atoms with Gasteiger partial charge in [0, 0.05) is 0 Å². The molecule has 0 saturated heterocycles. The minimum atomic E-state index is 0.133. The summed E-state index contributed by atoms with van der Waals surface area (Å²) < 4.78 is 0.497. The predicted octanol–water partition coefficient (Wildman–Crippen LogP) is 8.78. The van der Waals surface area contributed by atoms with Crippen molar-refractivity contribution in [3.63, 3.8) is 0 Å². The molecule has 1 aliphatic rings. The second-order valence-corrected chi connectivity index (χ2v) is 16.2. The molecular formula is C33H47Sb. The van der Waals surface area contributed by atoms with Crippen molar-refractivity contribution in [2.24, 2.45) is 0 Å². The monoisotopic (exact) mass is 564 g/mol. The van der Waals surface area contributed by atoms with Crippen molar-refractivity contribution >= 4 is 34.2 Å². The Bertz CT molecular complexity index is 973. The SMILES string of the molecule is CC(C)(C)c1cc(C2=CC=C(c3cc(C(C)(C)C)cc(C(C)(C)C)c3)[CH]2[SbH2])cc(C(C)(C)C)c1. The summed E-state index contributed by atoms with van der Waals surface area (Å²) in [6.45, 7) is 27.9. The molecule has 0 nitrogen and oxygen atoms in total. The molecule has 34 heavy (non-hydrogen) atoms. The van der Waals surface area contributed by atoms with Gasteiger partial charge in [-0.25, -0.2) is 0 Å². The van der Waals surface area contributed by atoms with Crippen LogP contribution >= 0.6 is 0 Å². The molecule has 184 valence electrons. The minimum absolute atomic E-state index is 0.133.